The van der Waals surface area contributed by atoms with Crippen LogP contribution in [0.25, 0.3) is 11.0 Å². The van der Waals surface area contributed by atoms with Gasteiger partial charge in [0.15, 0.2) is 5.65 Å². The van der Waals surface area contributed by atoms with Crippen LogP contribution in [0.2, 0.25) is 5.02 Å². The van der Waals surface area contributed by atoms with Gasteiger partial charge in [0.2, 0.25) is 0 Å². The quantitative estimate of drug-likeness (QED) is 0.598. The number of benzene rings is 1. The van der Waals surface area contributed by atoms with Gasteiger partial charge in [0, 0.05) is 40.6 Å². The highest BCUT2D eigenvalue weighted by molar-refractivity contribution is 6.30. The summed E-state index contributed by atoms with van der Waals surface area (Å²) in [4.78, 5) is 24.6. The standard InChI is InChI=1S/C23H25ClN4O/c1-3-18-9-4-5-12-28(18)23(29)20-14-25-22-19(11-10-15(2)26-22)21(20)27-17-8-6-7-16(24)13-17/h6-8,10-11,13-14,18H,3-5,9,12H2,1-2H3,(H,25,26,27)/t18-/m1/s1. The van der Waals surface area contributed by atoms with Crippen LogP contribution in [-0.2, 0) is 0 Å². The highest BCUT2D eigenvalue weighted by Gasteiger charge is 2.28. The van der Waals surface area contributed by atoms with Gasteiger partial charge in [-0.3, -0.25) is 4.79 Å². The number of halogens is 1. The topological polar surface area (TPSA) is 58.1 Å². The monoisotopic (exact) mass is 408 g/mol. The molecule has 4 rings (SSSR count). The van der Waals surface area contributed by atoms with Crippen molar-refractivity contribution in [3.63, 3.8) is 0 Å². The molecule has 150 valence electrons. The second kappa shape index (κ2) is 8.37. The number of aromatic nitrogens is 2. The number of nitrogens with one attached hydrogen (secondary N) is 1. The molecule has 0 saturated carbocycles. The number of aryl methyl sites for hydroxylation is 1. The highest BCUT2D eigenvalue weighted by Crippen LogP contribution is 2.32. The van der Waals surface area contributed by atoms with Crippen molar-refractivity contribution >= 4 is 39.9 Å². The average Bonchev–Trinajstić information content (AvgIpc) is 2.73. The van der Waals surface area contributed by atoms with Crippen LogP contribution in [0, 0.1) is 6.92 Å². The molecular weight excluding hydrogens is 384 g/mol. The summed E-state index contributed by atoms with van der Waals surface area (Å²) in [6, 6.07) is 11.7. The van der Waals surface area contributed by atoms with Gasteiger partial charge < -0.3 is 10.2 Å². The number of carbonyl (C=O) groups is 1. The van der Waals surface area contributed by atoms with Gasteiger partial charge in [-0.15, -0.1) is 0 Å². The first-order chi connectivity index (χ1) is 14.1. The molecule has 5 nitrogen and oxygen atoms in total. The van der Waals surface area contributed by atoms with Gasteiger partial charge in [-0.1, -0.05) is 24.6 Å². The third-order valence-corrected chi connectivity index (χ3v) is 5.79. The summed E-state index contributed by atoms with van der Waals surface area (Å²) >= 11 is 6.17. The van der Waals surface area contributed by atoms with Crippen LogP contribution in [0.5, 0.6) is 0 Å². The Morgan fingerprint density at radius 2 is 2.14 bits per heavy atom. The van der Waals surface area contributed by atoms with Crippen molar-refractivity contribution in [3.05, 3.63) is 58.9 Å². The van der Waals surface area contributed by atoms with Crippen molar-refractivity contribution in [2.24, 2.45) is 0 Å². The normalized spacial score (nSPS) is 16.8. The molecule has 0 bridgehead atoms. The Morgan fingerprint density at radius 1 is 1.28 bits per heavy atom. The largest absolute Gasteiger partial charge is 0.354 e. The second-order valence-corrected chi connectivity index (χ2v) is 8.00. The second-order valence-electron chi connectivity index (χ2n) is 7.56. The smallest absolute Gasteiger partial charge is 0.257 e. The van der Waals surface area contributed by atoms with Gasteiger partial charge >= 0.3 is 0 Å². The molecule has 0 radical (unpaired) electrons. The maximum atomic E-state index is 13.6. The lowest BCUT2D eigenvalue weighted by atomic mass is 9.98. The maximum Gasteiger partial charge on any atom is 0.257 e. The van der Waals surface area contributed by atoms with E-state index in [1.807, 2.05) is 48.2 Å². The fraction of sp³-hybridized carbons (Fsp3) is 0.348. The zero-order chi connectivity index (χ0) is 20.4. The van der Waals surface area contributed by atoms with Crippen LogP contribution in [0.4, 0.5) is 11.4 Å². The van der Waals surface area contributed by atoms with Crippen LogP contribution >= 0.6 is 11.6 Å². The number of pyridine rings is 2. The van der Waals surface area contributed by atoms with Gasteiger partial charge in [-0.25, -0.2) is 9.97 Å². The number of rotatable bonds is 4. The van der Waals surface area contributed by atoms with Gasteiger partial charge in [0.1, 0.15) is 0 Å². The van der Waals surface area contributed by atoms with E-state index in [4.69, 9.17) is 11.6 Å². The van der Waals surface area contributed by atoms with Crippen molar-refractivity contribution in [1.29, 1.82) is 0 Å². The first kappa shape index (κ1) is 19.6. The number of hydrogen-bond donors (Lipinski definition) is 1. The molecule has 6 heteroatoms. The minimum Gasteiger partial charge on any atom is -0.354 e. The Balaban J connectivity index is 1.82. The lowest BCUT2D eigenvalue weighted by Gasteiger charge is -2.35. The summed E-state index contributed by atoms with van der Waals surface area (Å²) in [6.45, 7) is 4.87. The van der Waals surface area contributed by atoms with E-state index in [-0.39, 0.29) is 11.9 Å². The number of fused-ring (bicyclic) bond motifs is 1. The maximum absolute atomic E-state index is 13.6. The fourth-order valence-electron chi connectivity index (χ4n) is 4.03. The average molecular weight is 409 g/mol. The Morgan fingerprint density at radius 3 is 2.93 bits per heavy atom. The Hall–Kier alpha value is -2.66. The van der Waals surface area contributed by atoms with Gasteiger partial charge in [0.05, 0.1) is 11.3 Å². The summed E-state index contributed by atoms with van der Waals surface area (Å²) in [5, 5.41) is 4.88. The van der Waals surface area contributed by atoms with Gasteiger partial charge in [0.25, 0.3) is 5.91 Å². The SMILES string of the molecule is CC[C@@H]1CCCCN1C(=O)c1cnc2nc(C)ccc2c1Nc1cccc(Cl)c1. The molecule has 1 saturated heterocycles. The molecule has 1 fully saturated rings. The molecule has 0 spiro atoms. The fourth-order valence-corrected chi connectivity index (χ4v) is 4.22. The summed E-state index contributed by atoms with van der Waals surface area (Å²) < 4.78 is 0. The van der Waals surface area contributed by atoms with Crippen LogP contribution in [-0.4, -0.2) is 33.4 Å². The molecule has 0 unspecified atom stereocenters. The molecule has 2 aromatic heterocycles. The lowest BCUT2D eigenvalue weighted by molar-refractivity contribution is 0.0609. The summed E-state index contributed by atoms with van der Waals surface area (Å²) in [7, 11) is 0. The predicted octanol–water partition coefficient (Wildman–Crippen LogP) is 5.74. The molecule has 3 heterocycles. The predicted molar refractivity (Wildman–Crippen MR) is 118 cm³/mol. The molecule has 1 aliphatic rings. The minimum atomic E-state index is 0.0241. The molecule has 1 amide bonds. The lowest BCUT2D eigenvalue weighted by Crippen LogP contribution is -2.43. The summed E-state index contributed by atoms with van der Waals surface area (Å²) in [5.41, 5.74) is 3.64. The number of amides is 1. The Kier molecular flexibility index (Phi) is 5.67. The van der Waals surface area contributed by atoms with Crippen LogP contribution in [0.1, 0.15) is 48.7 Å². The number of piperidine rings is 1. The molecule has 29 heavy (non-hydrogen) atoms. The third kappa shape index (κ3) is 4.06. The Labute approximate surface area is 176 Å². The van der Waals surface area contributed by atoms with Crippen LogP contribution in [0.15, 0.2) is 42.6 Å². The molecule has 1 aliphatic heterocycles. The minimum absolute atomic E-state index is 0.0241. The third-order valence-electron chi connectivity index (χ3n) is 5.55. The number of nitrogens with zero attached hydrogens (tertiary/aromatic N) is 3. The summed E-state index contributed by atoms with van der Waals surface area (Å²) in [6.07, 6.45) is 5.90. The summed E-state index contributed by atoms with van der Waals surface area (Å²) in [5.74, 6) is 0.0241. The van der Waals surface area contributed by atoms with Crippen molar-refractivity contribution in [2.45, 2.75) is 45.6 Å². The molecular formula is C23H25ClN4O. The zero-order valence-corrected chi connectivity index (χ0v) is 17.5. The van der Waals surface area contributed by atoms with Crippen molar-refractivity contribution in [3.8, 4) is 0 Å². The van der Waals surface area contributed by atoms with Gasteiger partial charge in [-0.2, -0.15) is 0 Å². The number of anilines is 2. The van der Waals surface area contributed by atoms with Crippen molar-refractivity contribution < 1.29 is 4.79 Å². The number of hydrogen-bond acceptors (Lipinski definition) is 4. The molecule has 1 atom stereocenters. The highest BCUT2D eigenvalue weighted by atomic mass is 35.5. The van der Waals surface area contributed by atoms with Gasteiger partial charge in [-0.05, 0) is 62.9 Å². The number of carbonyl (C=O) groups excluding carboxylic acids is 1. The first-order valence-corrected chi connectivity index (χ1v) is 10.5. The van der Waals surface area contributed by atoms with E-state index in [1.165, 1.54) is 6.42 Å². The molecule has 1 N–H and O–H groups in total. The van der Waals surface area contributed by atoms with Crippen LogP contribution in [0.3, 0.4) is 0 Å². The first-order valence-electron chi connectivity index (χ1n) is 10.2. The van der Waals surface area contributed by atoms with E-state index < -0.39 is 0 Å². The molecule has 3 aromatic rings. The van der Waals surface area contributed by atoms with E-state index in [0.29, 0.717) is 16.2 Å². The van der Waals surface area contributed by atoms with E-state index in [1.54, 1.807) is 6.20 Å². The van der Waals surface area contributed by atoms with E-state index in [0.717, 1.165) is 48.3 Å². The Bertz CT molecular complexity index is 1050. The van der Waals surface area contributed by atoms with Crippen molar-refractivity contribution in [1.82, 2.24) is 14.9 Å². The van der Waals surface area contributed by atoms with E-state index in [2.05, 4.69) is 22.2 Å². The van der Waals surface area contributed by atoms with E-state index >= 15 is 0 Å². The molecule has 1 aromatic carbocycles. The zero-order valence-electron chi connectivity index (χ0n) is 16.8. The number of likely N-dealkylation sites (tertiary alicyclic amines) is 1. The van der Waals surface area contributed by atoms with Crippen LogP contribution < -0.4 is 5.32 Å². The van der Waals surface area contributed by atoms with Crippen molar-refractivity contribution in [2.75, 3.05) is 11.9 Å². The van der Waals surface area contributed by atoms with E-state index in [9.17, 15) is 4.79 Å². The molecule has 0 aliphatic carbocycles.